The molecule has 0 fully saturated rings. The summed E-state index contributed by atoms with van der Waals surface area (Å²) in [7, 11) is 0. The van der Waals surface area contributed by atoms with E-state index in [4.69, 9.17) is 11.0 Å². The van der Waals surface area contributed by atoms with Crippen LogP contribution in [0.4, 0.5) is 0 Å². The minimum Gasteiger partial charge on any atom is -0.103 e. The van der Waals surface area contributed by atoms with Crippen LogP contribution in [0.25, 0.3) is 0 Å². The lowest BCUT2D eigenvalue weighted by Crippen LogP contribution is -1.52. The molecule has 0 nitrogen and oxygen atoms in total. The molecule has 0 aromatic carbocycles. The fourth-order valence-corrected chi connectivity index (χ4v) is 0.0442. The van der Waals surface area contributed by atoms with E-state index in [-0.39, 0.29) is 0 Å². The minimum absolute atomic E-state index is 0.852. The lowest BCUT2D eigenvalue weighted by atomic mass is 10.3. The van der Waals surface area contributed by atoms with Crippen LogP contribution < -0.4 is 0 Å². The zero-order valence-electron chi connectivity index (χ0n) is 10.7. The van der Waals surface area contributed by atoms with Gasteiger partial charge in [0.25, 0.3) is 0 Å². The van der Waals surface area contributed by atoms with Gasteiger partial charge in [0.2, 0.25) is 0 Å². The Morgan fingerprint density at radius 2 is 3.80 bits per heavy atom. The molecule has 0 spiro atoms. The first kappa shape index (κ1) is 0.481. The van der Waals surface area contributed by atoms with Crippen molar-refractivity contribution in [3.63, 3.8) is 0 Å². The number of hydrogen-bond donors (Lipinski definition) is 0. The molecule has 0 saturated heterocycles. The zero-order chi connectivity index (χ0) is 10.9. The molecule has 0 heteroatoms. The van der Waals surface area contributed by atoms with Crippen molar-refractivity contribution in [3.05, 3.63) is 12.6 Å². The van der Waals surface area contributed by atoms with Crippen molar-refractivity contribution in [1.29, 1.82) is 0 Å². The van der Waals surface area contributed by atoms with E-state index in [0.29, 0.717) is 0 Å². The van der Waals surface area contributed by atoms with Crippen molar-refractivity contribution >= 4 is 0 Å². The topological polar surface area (TPSA) is 0 Å². The van der Waals surface area contributed by atoms with Crippen LogP contribution in [0.1, 0.15) is 30.6 Å². The first-order valence-electron chi connectivity index (χ1n) is 5.31. The third kappa shape index (κ3) is 3.74. The van der Waals surface area contributed by atoms with Crippen LogP contribution in [0.2, 0.25) is 0 Å². The van der Waals surface area contributed by atoms with Gasteiger partial charge in [-0.1, -0.05) is 19.3 Å². The standard InChI is InChI=1S/C5H10/c1-3-5-4-2/h3H,1,4-5H2,2H3/i1D2,2D,3D,4D2,5D2. The molecule has 0 amide bonds. The molecule has 0 aliphatic heterocycles. The Morgan fingerprint density at radius 3 is 4.40 bits per heavy atom. The molecule has 30 valence electrons. The molecule has 0 saturated carbocycles. The fraction of sp³-hybridized carbons (Fsp3) is 0.600. The van der Waals surface area contributed by atoms with Crippen molar-refractivity contribution in [1.82, 2.24) is 0 Å². The van der Waals surface area contributed by atoms with E-state index in [9.17, 15) is 0 Å². The molecule has 0 unspecified atom stereocenters. The molecule has 0 radical (unpaired) electrons. The van der Waals surface area contributed by atoms with Gasteiger partial charge in [0.1, 0.15) is 0 Å². The first-order valence-corrected chi connectivity index (χ1v) is 1.10. The predicted octanol–water partition coefficient (Wildman–Crippen LogP) is 1.97. The fourth-order valence-electron chi connectivity index (χ4n) is 0.0442. The monoisotopic (exact) mass is 78.1 g/mol. The zero-order valence-corrected chi connectivity index (χ0v) is 2.71. The summed E-state index contributed by atoms with van der Waals surface area (Å²) in [6, 6.07) is -1.04. The van der Waals surface area contributed by atoms with Gasteiger partial charge >= 0.3 is 0 Å². The highest BCUT2D eigenvalue weighted by molar-refractivity contribution is 4.63. The third-order valence-electron chi connectivity index (χ3n) is 0.151. The molecule has 0 aromatic heterocycles. The van der Waals surface area contributed by atoms with E-state index in [1.165, 1.54) is 0 Å². The van der Waals surface area contributed by atoms with Gasteiger partial charge in [-0.3, -0.25) is 0 Å². The van der Waals surface area contributed by atoms with Crippen LogP contribution in [0.3, 0.4) is 0 Å². The van der Waals surface area contributed by atoms with E-state index in [1.54, 1.807) is 0 Å². The van der Waals surface area contributed by atoms with Gasteiger partial charge in [0.15, 0.2) is 0 Å². The molecule has 0 aliphatic rings. The van der Waals surface area contributed by atoms with Crippen molar-refractivity contribution in [2.75, 3.05) is 0 Å². The van der Waals surface area contributed by atoms with Gasteiger partial charge in [0, 0.05) is 6.85 Å². The van der Waals surface area contributed by atoms with Crippen molar-refractivity contribution in [3.8, 4) is 0 Å². The minimum atomic E-state index is -2.76. The van der Waals surface area contributed by atoms with Gasteiger partial charge < -0.3 is 0 Å². The summed E-state index contributed by atoms with van der Waals surface area (Å²) in [5.74, 6) is 0. The molecule has 0 aliphatic carbocycles. The second-order valence-electron chi connectivity index (χ2n) is 0.427. The Bertz CT molecular complexity index is 213. The van der Waals surface area contributed by atoms with Crippen molar-refractivity contribution in [2.24, 2.45) is 0 Å². The second kappa shape index (κ2) is 3.74. The maximum absolute atomic E-state index is 7.15. The van der Waals surface area contributed by atoms with Crippen LogP contribution in [-0.2, 0) is 0 Å². The SMILES string of the molecule is [2H]CC([2H])([2H])C([2H])([2H])C([2H])=C([2H])[2H]. The molecular formula is C5H10. The maximum atomic E-state index is 7.15. The van der Waals surface area contributed by atoms with Crippen LogP contribution in [-0.4, -0.2) is 0 Å². The van der Waals surface area contributed by atoms with Crippen molar-refractivity contribution in [2.45, 2.75) is 19.6 Å². The van der Waals surface area contributed by atoms with Gasteiger partial charge in [-0.05, 0) is 6.37 Å². The van der Waals surface area contributed by atoms with E-state index in [0.717, 1.165) is 0 Å². The summed E-state index contributed by atoms with van der Waals surface area (Å²) in [6.07, 6.45) is -5.30. The van der Waals surface area contributed by atoms with E-state index >= 15 is 0 Å². The normalized spacial score (nSPS) is 35.2. The molecule has 0 bridgehead atoms. The highest BCUT2D eigenvalue weighted by atomic mass is 13.7. The summed E-state index contributed by atoms with van der Waals surface area (Å²) >= 11 is 0. The average Bonchev–Trinajstić information content (AvgIpc) is 2.02. The van der Waals surface area contributed by atoms with Crippen LogP contribution in [0, 0.1) is 0 Å². The lowest BCUT2D eigenvalue weighted by molar-refractivity contribution is 0.961. The number of allylic oxidation sites excluding steroid dienone is 1. The number of rotatable bonds is 2. The Kier molecular flexibility index (Phi) is 0.360. The molecule has 0 atom stereocenters. The van der Waals surface area contributed by atoms with Gasteiger partial charge in [0.05, 0.1) is 4.11 Å². The predicted molar refractivity (Wildman–Crippen MR) is 25.1 cm³/mol. The average molecular weight is 78.2 g/mol. The molecule has 5 heavy (non-hydrogen) atoms. The smallest absolute Gasteiger partial charge is 0.0570 e. The van der Waals surface area contributed by atoms with Crippen LogP contribution in [0.5, 0.6) is 0 Å². The first-order chi connectivity index (χ1) is 5.66. The van der Waals surface area contributed by atoms with E-state index < -0.39 is 32.2 Å². The van der Waals surface area contributed by atoms with Gasteiger partial charge in [-0.15, -0.1) is 6.53 Å². The van der Waals surface area contributed by atoms with Gasteiger partial charge in [-0.2, -0.15) is 0 Å². The largest absolute Gasteiger partial charge is 0.103 e. The highest BCUT2D eigenvalue weighted by Crippen LogP contribution is 1.82. The Hall–Kier alpha value is -0.260. The molecular weight excluding hydrogens is 60.1 g/mol. The quantitative estimate of drug-likeness (QED) is 0.443. The number of hydrogen-bond acceptors (Lipinski definition) is 0. The summed E-state index contributed by atoms with van der Waals surface area (Å²) in [5, 5.41) is 0. The molecule has 0 heterocycles. The Labute approximate surface area is 44.7 Å². The van der Waals surface area contributed by atoms with E-state index in [1.807, 2.05) is 0 Å². The van der Waals surface area contributed by atoms with Crippen molar-refractivity contribution < 1.29 is 11.0 Å². The summed E-state index contributed by atoms with van der Waals surface area (Å²) in [5.41, 5.74) is 0. The molecule has 0 N–H and O–H groups in total. The van der Waals surface area contributed by atoms with E-state index in [2.05, 4.69) is 0 Å². The lowest BCUT2D eigenvalue weighted by Gasteiger charge is -1.72. The highest BCUT2D eigenvalue weighted by Gasteiger charge is 1.61. The van der Waals surface area contributed by atoms with Crippen LogP contribution in [0.15, 0.2) is 12.6 Å². The Balaban J connectivity index is 5.09. The Morgan fingerprint density at radius 1 is 2.80 bits per heavy atom. The molecule has 0 rings (SSSR count). The van der Waals surface area contributed by atoms with Gasteiger partial charge in [-0.25, -0.2) is 0 Å². The molecule has 0 aromatic rings. The summed E-state index contributed by atoms with van der Waals surface area (Å²) in [6.45, 7) is -1.92. The maximum Gasteiger partial charge on any atom is 0.0570 e. The third-order valence-corrected chi connectivity index (χ3v) is 0.151. The summed E-state index contributed by atoms with van der Waals surface area (Å²) < 4.78 is 55.6. The second-order valence-corrected chi connectivity index (χ2v) is 0.427. The van der Waals surface area contributed by atoms with Crippen LogP contribution >= 0.6 is 0 Å². The summed E-state index contributed by atoms with van der Waals surface area (Å²) in [4.78, 5) is 0.